The Kier molecular flexibility index (Phi) is 7.16. The number of nitrogens with zero attached hydrogens (tertiary/aromatic N) is 2. The van der Waals surface area contributed by atoms with Gasteiger partial charge in [-0.15, -0.1) is 0 Å². The van der Waals surface area contributed by atoms with Gasteiger partial charge in [-0.05, 0) is 73.9 Å². The van der Waals surface area contributed by atoms with E-state index in [0.29, 0.717) is 43.2 Å². The van der Waals surface area contributed by atoms with Crippen LogP contribution in [0.1, 0.15) is 32.6 Å². The Morgan fingerprint density at radius 1 is 0.824 bits per heavy atom. The first-order valence-corrected chi connectivity index (χ1v) is 12.9. The van der Waals surface area contributed by atoms with Gasteiger partial charge < -0.3 is 5.32 Å². The number of hydrogen-bond donors (Lipinski definition) is 1. The van der Waals surface area contributed by atoms with E-state index in [0.717, 1.165) is 27.9 Å². The molecule has 1 N–H and O–H groups in total. The number of carbonyl (C=O) groups excluding carboxylic acids is 1. The lowest BCUT2D eigenvalue weighted by molar-refractivity contribution is 0.102. The molecule has 1 fully saturated rings. The number of rotatable bonds is 6. The standard InChI is InChI=1S/C27H31N3O3S/c1-20-7-9-26(10-8-20)34(32,33)30-13-11-29(12-14-30)19-23-5-4-6-24(18-23)27(31)28-25-16-21(2)15-22(3)17-25/h4-10,15-18H,11-14,19H2,1-3H3,(H,28,31). The molecule has 1 aliphatic rings. The van der Waals surface area contributed by atoms with Gasteiger partial charge in [-0.3, -0.25) is 9.69 Å². The van der Waals surface area contributed by atoms with Gasteiger partial charge in [-0.25, -0.2) is 8.42 Å². The highest BCUT2D eigenvalue weighted by Gasteiger charge is 2.28. The van der Waals surface area contributed by atoms with Crippen LogP contribution in [0, 0.1) is 20.8 Å². The summed E-state index contributed by atoms with van der Waals surface area (Å²) in [4.78, 5) is 15.4. The highest BCUT2D eigenvalue weighted by atomic mass is 32.2. The molecule has 7 heteroatoms. The van der Waals surface area contributed by atoms with Crippen molar-refractivity contribution in [3.63, 3.8) is 0 Å². The lowest BCUT2D eigenvalue weighted by atomic mass is 10.1. The first-order chi connectivity index (χ1) is 16.2. The van der Waals surface area contributed by atoms with Crippen LogP contribution in [0.4, 0.5) is 5.69 Å². The minimum atomic E-state index is -3.48. The quantitative estimate of drug-likeness (QED) is 0.572. The van der Waals surface area contributed by atoms with Crippen LogP contribution in [0.15, 0.2) is 71.6 Å². The second-order valence-corrected chi connectivity index (χ2v) is 11.0. The molecule has 0 bridgehead atoms. The van der Waals surface area contributed by atoms with Crippen LogP contribution in [-0.4, -0.2) is 49.7 Å². The molecule has 0 atom stereocenters. The predicted octanol–water partition coefficient (Wildman–Crippen LogP) is 4.37. The van der Waals surface area contributed by atoms with Crippen LogP contribution >= 0.6 is 0 Å². The van der Waals surface area contributed by atoms with Gasteiger partial charge >= 0.3 is 0 Å². The third-order valence-electron chi connectivity index (χ3n) is 6.06. The molecule has 0 spiro atoms. The van der Waals surface area contributed by atoms with Gasteiger partial charge in [0.15, 0.2) is 0 Å². The maximum Gasteiger partial charge on any atom is 0.255 e. The molecular weight excluding hydrogens is 446 g/mol. The first kappa shape index (κ1) is 24.1. The molecule has 34 heavy (non-hydrogen) atoms. The summed E-state index contributed by atoms with van der Waals surface area (Å²) in [6, 6.07) is 20.6. The summed E-state index contributed by atoms with van der Waals surface area (Å²) in [6.45, 7) is 8.81. The normalized spacial score (nSPS) is 15.3. The second-order valence-electron chi connectivity index (χ2n) is 9.02. The predicted molar refractivity (Wildman–Crippen MR) is 136 cm³/mol. The molecule has 0 aliphatic carbocycles. The van der Waals surface area contributed by atoms with E-state index >= 15 is 0 Å². The summed E-state index contributed by atoms with van der Waals surface area (Å²) in [5.41, 5.74) is 5.67. The Morgan fingerprint density at radius 3 is 2.12 bits per heavy atom. The number of piperazine rings is 1. The molecular formula is C27H31N3O3S. The van der Waals surface area contributed by atoms with Crippen molar-refractivity contribution in [3.05, 3.63) is 94.5 Å². The minimum absolute atomic E-state index is 0.138. The number of aryl methyl sites for hydroxylation is 3. The van der Waals surface area contributed by atoms with Gasteiger partial charge in [0.2, 0.25) is 10.0 Å². The minimum Gasteiger partial charge on any atom is -0.322 e. The Balaban J connectivity index is 1.36. The molecule has 3 aromatic carbocycles. The van der Waals surface area contributed by atoms with Crippen LogP contribution < -0.4 is 5.32 Å². The molecule has 1 heterocycles. The highest BCUT2D eigenvalue weighted by molar-refractivity contribution is 7.89. The first-order valence-electron chi connectivity index (χ1n) is 11.5. The van der Waals surface area contributed by atoms with Gasteiger partial charge in [0.05, 0.1) is 4.90 Å². The highest BCUT2D eigenvalue weighted by Crippen LogP contribution is 2.20. The molecule has 4 rings (SSSR count). The smallest absolute Gasteiger partial charge is 0.255 e. The van der Waals surface area contributed by atoms with Crippen LogP contribution in [-0.2, 0) is 16.6 Å². The Hall–Kier alpha value is -3.00. The number of sulfonamides is 1. The van der Waals surface area contributed by atoms with Crippen molar-refractivity contribution in [1.29, 1.82) is 0 Å². The van der Waals surface area contributed by atoms with E-state index in [4.69, 9.17) is 0 Å². The molecule has 0 aromatic heterocycles. The van der Waals surface area contributed by atoms with Crippen molar-refractivity contribution in [2.45, 2.75) is 32.2 Å². The van der Waals surface area contributed by atoms with Crippen molar-refractivity contribution in [3.8, 4) is 0 Å². The lowest BCUT2D eigenvalue weighted by Gasteiger charge is -2.34. The molecule has 1 saturated heterocycles. The number of carbonyl (C=O) groups is 1. The van der Waals surface area contributed by atoms with Crippen LogP contribution in [0.25, 0.3) is 0 Å². The molecule has 3 aromatic rings. The SMILES string of the molecule is Cc1ccc(S(=O)(=O)N2CCN(Cc3cccc(C(=O)Nc4cc(C)cc(C)c4)c3)CC2)cc1. The van der Waals surface area contributed by atoms with E-state index in [9.17, 15) is 13.2 Å². The molecule has 1 amide bonds. The van der Waals surface area contributed by atoms with Crippen molar-refractivity contribution in [2.24, 2.45) is 0 Å². The second kappa shape index (κ2) is 10.1. The van der Waals surface area contributed by atoms with Gasteiger partial charge in [-0.2, -0.15) is 4.31 Å². The number of hydrogen-bond acceptors (Lipinski definition) is 4. The van der Waals surface area contributed by atoms with E-state index in [1.807, 2.05) is 69.3 Å². The fraction of sp³-hybridized carbons (Fsp3) is 0.296. The van der Waals surface area contributed by atoms with Crippen LogP contribution in [0.5, 0.6) is 0 Å². The third-order valence-corrected chi connectivity index (χ3v) is 7.98. The number of anilines is 1. The van der Waals surface area contributed by atoms with Gasteiger partial charge in [0.25, 0.3) is 5.91 Å². The van der Waals surface area contributed by atoms with E-state index in [1.165, 1.54) is 0 Å². The molecule has 1 aliphatic heterocycles. The summed E-state index contributed by atoms with van der Waals surface area (Å²) in [6.07, 6.45) is 0. The Morgan fingerprint density at radius 2 is 1.47 bits per heavy atom. The van der Waals surface area contributed by atoms with Gasteiger partial charge in [-0.1, -0.05) is 35.9 Å². The van der Waals surface area contributed by atoms with Crippen LogP contribution in [0.3, 0.4) is 0 Å². The van der Waals surface area contributed by atoms with Gasteiger partial charge in [0.1, 0.15) is 0 Å². The Labute approximate surface area is 202 Å². The summed E-state index contributed by atoms with van der Waals surface area (Å²) in [5, 5.41) is 2.99. The lowest BCUT2D eigenvalue weighted by Crippen LogP contribution is -2.48. The maximum absolute atomic E-state index is 12.9. The van der Waals surface area contributed by atoms with Crippen molar-refractivity contribution in [1.82, 2.24) is 9.21 Å². The van der Waals surface area contributed by atoms with Crippen molar-refractivity contribution in [2.75, 3.05) is 31.5 Å². The van der Waals surface area contributed by atoms with Gasteiger partial charge in [0, 0.05) is 44.0 Å². The zero-order chi connectivity index (χ0) is 24.3. The summed E-state index contributed by atoms with van der Waals surface area (Å²) in [7, 11) is -3.48. The zero-order valence-corrected chi connectivity index (χ0v) is 20.7. The summed E-state index contributed by atoms with van der Waals surface area (Å²) in [5.74, 6) is -0.138. The number of nitrogens with one attached hydrogen (secondary N) is 1. The molecule has 0 unspecified atom stereocenters. The molecule has 6 nitrogen and oxygen atoms in total. The average Bonchev–Trinajstić information content (AvgIpc) is 2.79. The molecule has 178 valence electrons. The van der Waals surface area contributed by atoms with E-state index in [2.05, 4.69) is 16.3 Å². The topological polar surface area (TPSA) is 69.7 Å². The van der Waals surface area contributed by atoms with Crippen LogP contribution in [0.2, 0.25) is 0 Å². The molecule has 0 radical (unpaired) electrons. The monoisotopic (exact) mass is 477 g/mol. The van der Waals surface area contributed by atoms with Crippen molar-refractivity contribution < 1.29 is 13.2 Å². The average molecular weight is 478 g/mol. The largest absolute Gasteiger partial charge is 0.322 e. The van der Waals surface area contributed by atoms with E-state index in [1.54, 1.807) is 16.4 Å². The third kappa shape index (κ3) is 5.73. The van der Waals surface area contributed by atoms with E-state index in [-0.39, 0.29) is 5.91 Å². The maximum atomic E-state index is 12.9. The zero-order valence-electron chi connectivity index (χ0n) is 19.9. The summed E-state index contributed by atoms with van der Waals surface area (Å²) < 4.78 is 27.4. The van der Waals surface area contributed by atoms with Crippen molar-refractivity contribution >= 4 is 21.6 Å². The number of benzene rings is 3. The number of amides is 1. The van der Waals surface area contributed by atoms with E-state index < -0.39 is 10.0 Å². The summed E-state index contributed by atoms with van der Waals surface area (Å²) >= 11 is 0. The Bertz CT molecular complexity index is 1260. The molecule has 0 saturated carbocycles. The fourth-order valence-corrected chi connectivity index (χ4v) is 5.73. The fourth-order valence-electron chi connectivity index (χ4n) is 4.31.